The fourth-order valence-electron chi connectivity index (χ4n) is 1.63. The van der Waals surface area contributed by atoms with Crippen LogP contribution in [0.3, 0.4) is 0 Å². The molecule has 2 rings (SSSR count). The molecule has 1 N–H and O–H groups in total. The van der Waals surface area contributed by atoms with Crippen LogP contribution >= 0.6 is 0 Å². The highest BCUT2D eigenvalue weighted by atomic mass is 19.1. The SMILES string of the molecule is COc1cccc(CC(=O)Nc2cccc(F)n2)c1. The molecule has 2 aromatic rings. The van der Waals surface area contributed by atoms with Gasteiger partial charge in [-0.1, -0.05) is 18.2 Å². The first kappa shape index (κ1) is 13.0. The fourth-order valence-corrected chi connectivity index (χ4v) is 1.63. The van der Waals surface area contributed by atoms with Gasteiger partial charge >= 0.3 is 0 Å². The van der Waals surface area contributed by atoms with Crippen molar-refractivity contribution in [3.8, 4) is 5.75 Å². The molecule has 0 unspecified atom stereocenters. The number of pyridine rings is 1. The van der Waals surface area contributed by atoms with Gasteiger partial charge in [0.05, 0.1) is 13.5 Å². The smallest absolute Gasteiger partial charge is 0.229 e. The number of hydrogen-bond acceptors (Lipinski definition) is 3. The molecule has 0 saturated carbocycles. The van der Waals surface area contributed by atoms with Crippen LogP contribution in [0.25, 0.3) is 0 Å². The van der Waals surface area contributed by atoms with E-state index in [0.29, 0.717) is 5.75 Å². The zero-order chi connectivity index (χ0) is 13.7. The van der Waals surface area contributed by atoms with Crippen LogP contribution in [0.2, 0.25) is 0 Å². The highest BCUT2D eigenvalue weighted by molar-refractivity contribution is 5.91. The van der Waals surface area contributed by atoms with Gasteiger partial charge in [-0.05, 0) is 29.8 Å². The maximum Gasteiger partial charge on any atom is 0.229 e. The quantitative estimate of drug-likeness (QED) is 0.859. The standard InChI is InChI=1S/C14H13FN2O2/c1-19-11-5-2-4-10(8-11)9-14(18)17-13-7-3-6-12(15)16-13/h2-8H,9H2,1H3,(H,16,17,18). The summed E-state index contributed by atoms with van der Waals surface area (Å²) in [5, 5.41) is 2.54. The molecular weight excluding hydrogens is 247 g/mol. The van der Waals surface area contributed by atoms with E-state index in [0.717, 1.165) is 5.56 Å². The molecule has 1 amide bonds. The normalized spacial score (nSPS) is 10.0. The van der Waals surface area contributed by atoms with Crippen molar-refractivity contribution in [3.05, 3.63) is 54.0 Å². The van der Waals surface area contributed by atoms with Gasteiger partial charge in [0.15, 0.2) is 0 Å². The molecule has 0 spiro atoms. The molecule has 0 aliphatic rings. The summed E-state index contributed by atoms with van der Waals surface area (Å²) in [7, 11) is 1.57. The Morgan fingerprint density at radius 3 is 2.84 bits per heavy atom. The summed E-state index contributed by atoms with van der Waals surface area (Å²) in [4.78, 5) is 15.3. The minimum atomic E-state index is -0.626. The predicted octanol–water partition coefficient (Wildman–Crippen LogP) is 2.41. The van der Waals surface area contributed by atoms with Gasteiger partial charge in [-0.25, -0.2) is 4.98 Å². The van der Waals surface area contributed by atoms with Gasteiger partial charge < -0.3 is 10.1 Å². The number of anilines is 1. The van der Waals surface area contributed by atoms with Gasteiger partial charge in [0.25, 0.3) is 0 Å². The Hall–Kier alpha value is -2.43. The van der Waals surface area contributed by atoms with Gasteiger partial charge in [-0.2, -0.15) is 4.39 Å². The lowest BCUT2D eigenvalue weighted by Gasteiger charge is -2.06. The first-order valence-electron chi connectivity index (χ1n) is 5.73. The molecule has 1 aromatic carbocycles. The predicted molar refractivity (Wildman–Crippen MR) is 69.5 cm³/mol. The summed E-state index contributed by atoms with van der Waals surface area (Å²) < 4.78 is 17.9. The summed E-state index contributed by atoms with van der Waals surface area (Å²) in [6.45, 7) is 0. The van der Waals surface area contributed by atoms with E-state index in [1.807, 2.05) is 12.1 Å². The second-order valence-electron chi connectivity index (χ2n) is 3.92. The zero-order valence-corrected chi connectivity index (χ0v) is 10.4. The topological polar surface area (TPSA) is 51.2 Å². The average molecular weight is 260 g/mol. The second kappa shape index (κ2) is 5.95. The van der Waals surface area contributed by atoms with E-state index in [2.05, 4.69) is 10.3 Å². The number of nitrogens with zero attached hydrogens (tertiary/aromatic N) is 1. The van der Waals surface area contributed by atoms with Crippen LogP contribution in [-0.4, -0.2) is 18.0 Å². The van der Waals surface area contributed by atoms with Crippen molar-refractivity contribution in [2.24, 2.45) is 0 Å². The molecule has 5 heteroatoms. The first-order valence-corrected chi connectivity index (χ1v) is 5.73. The lowest BCUT2D eigenvalue weighted by atomic mass is 10.1. The maximum atomic E-state index is 12.9. The Balaban J connectivity index is 2.01. The summed E-state index contributed by atoms with van der Waals surface area (Å²) in [6, 6.07) is 11.4. The number of carbonyl (C=O) groups is 1. The highest BCUT2D eigenvalue weighted by Crippen LogP contribution is 2.13. The van der Waals surface area contributed by atoms with Crippen LogP contribution in [0.5, 0.6) is 5.75 Å². The number of aromatic nitrogens is 1. The van der Waals surface area contributed by atoms with Crippen LogP contribution in [0.1, 0.15) is 5.56 Å². The molecule has 0 aliphatic carbocycles. The Morgan fingerprint density at radius 1 is 1.32 bits per heavy atom. The number of methoxy groups -OCH3 is 1. The molecule has 0 fully saturated rings. The second-order valence-corrected chi connectivity index (χ2v) is 3.92. The number of halogens is 1. The van der Waals surface area contributed by atoms with Crippen LogP contribution < -0.4 is 10.1 Å². The monoisotopic (exact) mass is 260 g/mol. The van der Waals surface area contributed by atoms with E-state index < -0.39 is 5.95 Å². The van der Waals surface area contributed by atoms with E-state index in [-0.39, 0.29) is 18.1 Å². The van der Waals surface area contributed by atoms with Crippen molar-refractivity contribution >= 4 is 11.7 Å². The average Bonchev–Trinajstić information content (AvgIpc) is 2.38. The fraction of sp³-hybridized carbons (Fsp3) is 0.143. The Labute approximate surface area is 110 Å². The van der Waals surface area contributed by atoms with E-state index >= 15 is 0 Å². The summed E-state index contributed by atoms with van der Waals surface area (Å²) in [5.41, 5.74) is 0.813. The lowest BCUT2D eigenvalue weighted by Crippen LogP contribution is -2.15. The summed E-state index contributed by atoms with van der Waals surface area (Å²) in [6.07, 6.45) is 0.176. The Morgan fingerprint density at radius 2 is 2.11 bits per heavy atom. The number of nitrogens with one attached hydrogen (secondary N) is 1. The Kier molecular flexibility index (Phi) is 4.07. The van der Waals surface area contributed by atoms with Gasteiger partial charge in [0.2, 0.25) is 11.9 Å². The van der Waals surface area contributed by atoms with Crippen LogP contribution in [0.4, 0.5) is 10.2 Å². The molecule has 0 atom stereocenters. The third-order valence-electron chi connectivity index (χ3n) is 2.48. The summed E-state index contributed by atoms with van der Waals surface area (Å²) in [5.74, 6) is 0.00705. The van der Waals surface area contributed by atoms with Gasteiger partial charge in [-0.3, -0.25) is 4.79 Å². The van der Waals surface area contributed by atoms with Crippen LogP contribution in [0.15, 0.2) is 42.5 Å². The lowest BCUT2D eigenvalue weighted by molar-refractivity contribution is -0.115. The largest absolute Gasteiger partial charge is 0.497 e. The molecule has 0 saturated heterocycles. The number of amides is 1. The van der Waals surface area contributed by atoms with Crippen molar-refractivity contribution < 1.29 is 13.9 Å². The third kappa shape index (κ3) is 3.77. The number of carbonyl (C=O) groups excluding carboxylic acids is 1. The first-order chi connectivity index (χ1) is 9.17. The van der Waals surface area contributed by atoms with Crippen molar-refractivity contribution in [1.29, 1.82) is 0 Å². The van der Waals surface area contributed by atoms with E-state index in [9.17, 15) is 9.18 Å². The molecule has 1 heterocycles. The van der Waals surface area contributed by atoms with Gasteiger partial charge in [0, 0.05) is 0 Å². The number of benzene rings is 1. The van der Waals surface area contributed by atoms with Crippen molar-refractivity contribution in [2.45, 2.75) is 6.42 Å². The van der Waals surface area contributed by atoms with Gasteiger partial charge in [-0.15, -0.1) is 0 Å². The van der Waals surface area contributed by atoms with E-state index in [4.69, 9.17) is 4.74 Å². The molecule has 19 heavy (non-hydrogen) atoms. The molecule has 98 valence electrons. The van der Waals surface area contributed by atoms with E-state index in [1.54, 1.807) is 19.2 Å². The minimum absolute atomic E-state index is 0.176. The minimum Gasteiger partial charge on any atom is -0.497 e. The van der Waals surface area contributed by atoms with Crippen LogP contribution in [-0.2, 0) is 11.2 Å². The highest BCUT2D eigenvalue weighted by Gasteiger charge is 2.06. The molecule has 4 nitrogen and oxygen atoms in total. The van der Waals surface area contributed by atoms with E-state index in [1.165, 1.54) is 18.2 Å². The molecule has 1 aromatic heterocycles. The Bertz CT molecular complexity index is 587. The van der Waals surface area contributed by atoms with Crippen molar-refractivity contribution in [3.63, 3.8) is 0 Å². The molecule has 0 radical (unpaired) electrons. The van der Waals surface area contributed by atoms with Crippen molar-refractivity contribution in [1.82, 2.24) is 4.98 Å². The summed E-state index contributed by atoms with van der Waals surface area (Å²) >= 11 is 0. The van der Waals surface area contributed by atoms with Crippen LogP contribution in [0, 0.1) is 5.95 Å². The van der Waals surface area contributed by atoms with Crippen molar-refractivity contribution in [2.75, 3.05) is 12.4 Å². The number of ether oxygens (including phenoxy) is 1. The third-order valence-corrected chi connectivity index (χ3v) is 2.48. The number of hydrogen-bond donors (Lipinski definition) is 1. The molecular formula is C14H13FN2O2. The number of rotatable bonds is 4. The maximum absolute atomic E-state index is 12.9. The van der Waals surface area contributed by atoms with Gasteiger partial charge in [0.1, 0.15) is 11.6 Å². The molecule has 0 bridgehead atoms. The molecule has 0 aliphatic heterocycles. The zero-order valence-electron chi connectivity index (χ0n) is 10.4.